The van der Waals surface area contributed by atoms with E-state index in [4.69, 9.17) is 0 Å². The Kier molecular flexibility index (Phi) is 5.07. The molecule has 1 aliphatic heterocycles. The number of aryl methyl sites for hydroxylation is 1. The Morgan fingerprint density at radius 3 is 2.57 bits per heavy atom. The van der Waals surface area contributed by atoms with Gasteiger partial charge in [-0.05, 0) is 25.7 Å². The van der Waals surface area contributed by atoms with E-state index in [1.54, 1.807) is 11.3 Å². The van der Waals surface area contributed by atoms with Gasteiger partial charge in [-0.1, -0.05) is 27.2 Å². The molecule has 2 fully saturated rings. The number of rotatable bonds is 3. The first-order valence-corrected chi connectivity index (χ1v) is 9.78. The quantitative estimate of drug-likeness (QED) is 0.848. The van der Waals surface area contributed by atoms with Crippen molar-refractivity contribution < 1.29 is 4.79 Å². The molecule has 3 rings (SSSR count). The maximum absolute atomic E-state index is 13.0. The Labute approximate surface area is 143 Å². The highest BCUT2D eigenvalue weighted by Gasteiger charge is 2.31. The molecule has 1 aliphatic carbocycles. The van der Waals surface area contributed by atoms with E-state index >= 15 is 0 Å². The number of thiazole rings is 1. The van der Waals surface area contributed by atoms with E-state index in [9.17, 15) is 4.79 Å². The number of amides is 1. The number of carbonyl (C=O) groups is 1. The SMILES string of the molecule is Cc1nc(C(C)C)sc1C(=O)N1CCN(C2CCC2)CC(C)C1. The van der Waals surface area contributed by atoms with Crippen molar-refractivity contribution in [3.63, 3.8) is 0 Å². The first kappa shape index (κ1) is 16.9. The molecule has 1 saturated heterocycles. The summed E-state index contributed by atoms with van der Waals surface area (Å²) in [5, 5.41) is 1.07. The van der Waals surface area contributed by atoms with Gasteiger partial charge >= 0.3 is 0 Å². The average molecular weight is 336 g/mol. The number of hydrogen-bond donors (Lipinski definition) is 0. The van der Waals surface area contributed by atoms with Crippen molar-refractivity contribution in [3.05, 3.63) is 15.6 Å². The molecule has 1 saturated carbocycles. The van der Waals surface area contributed by atoms with Gasteiger partial charge in [-0.15, -0.1) is 11.3 Å². The fourth-order valence-electron chi connectivity index (χ4n) is 3.54. The summed E-state index contributed by atoms with van der Waals surface area (Å²) in [4.78, 5) is 23.1. The lowest BCUT2D eigenvalue weighted by molar-refractivity contribution is 0.0747. The molecule has 0 radical (unpaired) electrons. The van der Waals surface area contributed by atoms with Crippen LogP contribution in [0, 0.1) is 12.8 Å². The molecule has 23 heavy (non-hydrogen) atoms. The van der Waals surface area contributed by atoms with Crippen molar-refractivity contribution in [3.8, 4) is 0 Å². The molecule has 0 spiro atoms. The van der Waals surface area contributed by atoms with Crippen molar-refractivity contribution in [2.75, 3.05) is 26.2 Å². The Balaban J connectivity index is 1.71. The highest BCUT2D eigenvalue weighted by molar-refractivity contribution is 7.13. The predicted molar refractivity (Wildman–Crippen MR) is 95.2 cm³/mol. The maximum atomic E-state index is 13.0. The average Bonchev–Trinajstić information content (AvgIpc) is 2.72. The van der Waals surface area contributed by atoms with Gasteiger partial charge in [0.05, 0.1) is 10.7 Å². The van der Waals surface area contributed by atoms with E-state index in [2.05, 4.69) is 35.6 Å². The van der Waals surface area contributed by atoms with Crippen LogP contribution in [0.1, 0.15) is 66.3 Å². The van der Waals surface area contributed by atoms with Gasteiger partial charge in [-0.3, -0.25) is 9.69 Å². The second kappa shape index (κ2) is 6.89. The molecule has 1 aromatic rings. The van der Waals surface area contributed by atoms with Crippen LogP contribution in [0.2, 0.25) is 0 Å². The van der Waals surface area contributed by atoms with Gasteiger partial charge in [-0.2, -0.15) is 0 Å². The Morgan fingerprint density at radius 1 is 1.26 bits per heavy atom. The van der Waals surface area contributed by atoms with Gasteiger partial charge in [0.1, 0.15) is 4.88 Å². The summed E-state index contributed by atoms with van der Waals surface area (Å²) in [5.74, 6) is 1.12. The summed E-state index contributed by atoms with van der Waals surface area (Å²) in [6.45, 7) is 12.4. The zero-order valence-electron chi connectivity index (χ0n) is 14.8. The lowest BCUT2D eigenvalue weighted by Crippen LogP contribution is -2.43. The van der Waals surface area contributed by atoms with Gasteiger partial charge in [-0.25, -0.2) is 4.98 Å². The van der Waals surface area contributed by atoms with Crippen molar-refractivity contribution in [1.29, 1.82) is 0 Å². The number of aromatic nitrogens is 1. The molecule has 1 aromatic heterocycles. The van der Waals surface area contributed by atoms with Crippen LogP contribution in [-0.4, -0.2) is 52.9 Å². The Bertz CT molecular complexity index is 565. The van der Waals surface area contributed by atoms with Crippen molar-refractivity contribution in [2.45, 2.75) is 58.9 Å². The molecule has 128 valence electrons. The van der Waals surface area contributed by atoms with Crippen LogP contribution in [-0.2, 0) is 0 Å². The number of nitrogens with zero attached hydrogens (tertiary/aromatic N) is 3. The summed E-state index contributed by atoms with van der Waals surface area (Å²) in [6, 6.07) is 0.769. The highest BCUT2D eigenvalue weighted by atomic mass is 32.1. The second-order valence-electron chi connectivity index (χ2n) is 7.56. The van der Waals surface area contributed by atoms with Crippen molar-refractivity contribution >= 4 is 17.2 Å². The van der Waals surface area contributed by atoms with Crippen LogP contribution < -0.4 is 0 Å². The van der Waals surface area contributed by atoms with Crippen LogP contribution in [0.25, 0.3) is 0 Å². The van der Waals surface area contributed by atoms with Gasteiger partial charge < -0.3 is 4.90 Å². The normalized spacial score (nSPS) is 23.9. The van der Waals surface area contributed by atoms with Crippen molar-refractivity contribution in [2.24, 2.45) is 5.92 Å². The molecular weight excluding hydrogens is 306 g/mol. The van der Waals surface area contributed by atoms with E-state index in [1.165, 1.54) is 19.3 Å². The Hall–Kier alpha value is -0.940. The van der Waals surface area contributed by atoms with Crippen LogP contribution in [0.15, 0.2) is 0 Å². The summed E-state index contributed by atoms with van der Waals surface area (Å²) in [5.41, 5.74) is 0.899. The zero-order valence-corrected chi connectivity index (χ0v) is 15.7. The summed E-state index contributed by atoms with van der Waals surface area (Å²) < 4.78 is 0. The molecule has 0 aromatic carbocycles. The zero-order chi connectivity index (χ0) is 16.6. The van der Waals surface area contributed by atoms with Gasteiger partial charge in [0.2, 0.25) is 0 Å². The first-order valence-electron chi connectivity index (χ1n) is 8.96. The lowest BCUT2D eigenvalue weighted by atomic mass is 9.91. The summed E-state index contributed by atoms with van der Waals surface area (Å²) in [7, 11) is 0. The second-order valence-corrected chi connectivity index (χ2v) is 8.59. The van der Waals surface area contributed by atoms with Gasteiger partial charge in [0, 0.05) is 38.1 Å². The largest absolute Gasteiger partial charge is 0.336 e. The fourth-order valence-corrected chi connectivity index (χ4v) is 4.58. The third-order valence-electron chi connectivity index (χ3n) is 5.11. The molecular formula is C18H29N3OS. The minimum Gasteiger partial charge on any atom is -0.336 e. The molecule has 1 amide bonds. The third kappa shape index (κ3) is 3.61. The first-order chi connectivity index (χ1) is 11.0. The molecule has 2 heterocycles. The molecule has 0 N–H and O–H groups in total. The molecule has 1 unspecified atom stereocenters. The highest BCUT2D eigenvalue weighted by Crippen LogP contribution is 2.29. The standard InChI is InChI=1S/C18H29N3OS/c1-12(2)17-19-14(4)16(23-17)18(22)21-9-8-20(10-13(3)11-21)15-6-5-7-15/h12-13,15H,5-11H2,1-4H3. The summed E-state index contributed by atoms with van der Waals surface area (Å²) in [6.07, 6.45) is 4.05. The minimum absolute atomic E-state index is 0.189. The summed E-state index contributed by atoms with van der Waals surface area (Å²) >= 11 is 1.58. The van der Waals surface area contributed by atoms with Crippen LogP contribution in [0.5, 0.6) is 0 Å². The molecule has 1 atom stereocenters. The van der Waals surface area contributed by atoms with Crippen LogP contribution >= 0.6 is 11.3 Å². The Morgan fingerprint density at radius 2 is 2.00 bits per heavy atom. The number of carbonyl (C=O) groups excluding carboxylic acids is 1. The van der Waals surface area contributed by atoms with Crippen molar-refractivity contribution in [1.82, 2.24) is 14.8 Å². The van der Waals surface area contributed by atoms with Gasteiger partial charge in [0.25, 0.3) is 5.91 Å². The molecule has 0 bridgehead atoms. The van der Waals surface area contributed by atoms with Crippen LogP contribution in [0.4, 0.5) is 0 Å². The molecule has 5 heteroatoms. The smallest absolute Gasteiger partial charge is 0.265 e. The number of hydrogen-bond acceptors (Lipinski definition) is 4. The predicted octanol–water partition coefficient (Wildman–Crippen LogP) is 3.52. The molecule has 4 nitrogen and oxygen atoms in total. The van der Waals surface area contributed by atoms with Crippen LogP contribution in [0.3, 0.4) is 0 Å². The topological polar surface area (TPSA) is 36.4 Å². The van der Waals surface area contributed by atoms with E-state index in [0.717, 1.165) is 47.8 Å². The third-order valence-corrected chi connectivity index (χ3v) is 6.56. The fraction of sp³-hybridized carbons (Fsp3) is 0.778. The molecule has 2 aliphatic rings. The van der Waals surface area contributed by atoms with E-state index < -0.39 is 0 Å². The van der Waals surface area contributed by atoms with E-state index in [0.29, 0.717) is 11.8 Å². The monoisotopic (exact) mass is 335 g/mol. The van der Waals surface area contributed by atoms with E-state index in [1.807, 2.05) is 6.92 Å². The van der Waals surface area contributed by atoms with Gasteiger partial charge in [0.15, 0.2) is 0 Å². The maximum Gasteiger partial charge on any atom is 0.265 e. The lowest BCUT2D eigenvalue weighted by Gasteiger charge is -2.37. The minimum atomic E-state index is 0.189. The van der Waals surface area contributed by atoms with E-state index in [-0.39, 0.29) is 5.91 Å².